The number of rotatable bonds is 0. The van der Waals surface area contributed by atoms with Gasteiger partial charge in [-0.3, -0.25) is 0 Å². The topological polar surface area (TPSA) is 42.8 Å². The number of hydrogen-bond acceptors (Lipinski definition) is 5. The van der Waals surface area contributed by atoms with Gasteiger partial charge in [-0.1, -0.05) is 78.3 Å². The smallest absolute Gasteiger partial charge is 0.135 e. The fourth-order valence-electron chi connectivity index (χ4n) is 7.86. The van der Waals surface area contributed by atoms with Crippen molar-refractivity contribution in [1.29, 1.82) is 0 Å². The third-order valence-corrected chi connectivity index (χ3v) is 10.5. The van der Waals surface area contributed by atoms with Crippen molar-refractivity contribution in [2.45, 2.75) is 6.92 Å². The average molecular weight is 903 g/mol. The maximum atomic E-state index is 6.56. The summed E-state index contributed by atoms with van der Waals surface area (Å²) in [5, 5.41) is 2.20. The van der Waals surface area contributed by atoms with Gasteiger partial charge in [0.2, 0.25) is 0 Å². The van der Waals surface area contributed by atoms with Crippen LogP contribution in [0.5, 0.6) is 23.0 Å². The van der Waals surface area contributed by atoms with E-state index in [1.165, 1.54) is 0 Å². The predicted molar refractivity (Wildman–Crippen MR) is 220 cm³/mol. The number of fused-ring (bicyclic) bond motifs is 3. The summed E-state index contributed by atoms with van der Waals surface area (Å²) in [6, 6.07) is 61.2. The molecule has 7 heteroatoms. The summed E-state index contributed by atoms with van der Waals surface area (Å²) >= 11 is 0. The van der Waals surface area contributed by atoms with E-state index < -0.39 is 0 Å². The van der Waals surface area contributed by atoms with Crippen LogP contribution in [0.25, 0.3) is 49.9 Å². The normalized spacial score (nSPS) is 12.7. The number of pyridine rings is 1. The van der Waals surface area contributed by atoms with E-state index in [-0.39, 0.29) is 21.1 Å². The second kappa shape index (κ2) is 13.6. The van der Waals surface area contributed by atoms with E-state index in [1.807, 2.05) is 48.7 Å². The fraction of sp³-hybridized carbons (Fsp3) is 0.0204. The molecular weight excluding hydrogens is 872 g/mol. The molecule has 272 valence electrons. The Morgan fingerprint density at radius 1 is 0.554 bits per heavy atom. The van der Waals surface area contributed by atoms with E-state index in [4.69, 9.17) is 14.5 Å². The van der Waals surface area contributed by atoms with Gasteiger partial charge in [-0.2, -0.15) is 12.1 Å². The van der Waals surface area contributed by atoms with Gasteiger partial charge in [0.1, 0.15) is 17.3 Å². The van der Waals surface area contributed by atoms with Crippen molar-refractivity contribution >= 4 is 44.6 Å². The SMILES string of the molecule is Cc1cc2ncc1-c1ccc(cc1)Oc1ccc(cc1)-c1ccccc1N1[CH-]N(c3[c-]c(ccc3)Oc3[c-]c4c(cc3)c3ccccc3n4-2)c2ccccc21.[Pt]. The van der Waals surface area contributed by atoms with Crippen LogP contribution in [-0.4, -0.2) is 9.55 Å². The van der Waals surface area contributed by atoms with Crippen LogP contribution >= 0.6 is 0 Å². The van der Waals surface area contributed by atoms with Crippen molar-refractivity contribution in [3.63, 3.8) is 0 Å². The van der Waals surface area contributed by atoms with Gasteiger partial charge in [0, 0.05) is 72.5 Å². The van der Waals surface area contributed by atoms with E-state index >= 15 is 0 Å². The Kier molecular flexibility index (Phi) is 8.23. The van der Waals surface area contributed by atoms with Crippen molar-refractivity contribution in [1.82, 2.24) is 9.55 Å². The summed E-state index contributed by atoms with van der Waals surface area (Å²) in [5.74, 6) is 3.53. The molecule has 0 unspecified atom stereocenters. The van der Waals surface area contributed by atoms with Gasteiger partial charge < -0.3 is 23.8 Å². The summed E-state index contributed by atoms with van der Waals surface area (Å²) in [6.07, 6.45) is 1.96. The zero-order valence-corrected chi connectivity index (χ0v) is 32.4. The van der Waals surface area contributed by atoms with E-state index in [0.29, 0.717) is 11.5 Å². The Hall–Kier alpha value is -6.62. The Morgan fingerprint density at radius 3 is 1.98 bits per heavy atom. The third kappa shape index (κ3) is 5.64. The summed E-state index contributed by atoms with van der Waals surface area (Å²) in [7, 11) is 0. The number of anilines is 4. The average Bonchev–Trinajstić information content (AvgIpc) is 3.77. The largest absolute Gasteiger partial charge is 0.509 e. The van der Waals surface area contributed by atoms with Crippen molar-refractivity contribution in [3.8, 4) is 51.1 Å². The van der Waals surface area contributed by atoms with Gasteiger partial charge in [0.15, 0.2) is 0 Å². The number of ether oxygens (including phenoxy) is 2. The van der Waals surface area contributed by atoms with Crippen LogP contribution in [0.15, 0.2) is 164 Å². The number of hydrogen-bond donors (Lipinski definition) is 0. The molecule has 16 rings (SSSR count). The van der Waals surface area contributed by atoms with E-state index in [1.54, 1.807) is 0 Å². The first-order chi connectivity index (χ1) is 27.1. The second-order valence-corrected chi connectivity index (χ2v) is 13.8. The van der Waals surface area contributed by atoms with Gasteiger partial charge in [-0.15, -0.1) is 48.1 Å². The molecule has 7 aliphatic heterocycles. The molecule has 0 saturated heterocycles. The number of nitrogens with zero attached hydrogens (tertiary/aromatic N) is 4. The fourth-order valence-corrected chi connectivity index (χ4v) is 7.86. The monoisotopic (exact) mass is 902 g/mol. The molecule has 0 radical (unpaired) electrons. The molecular formula is C49H31N4O2Pt-3. The molecule has 7 aromatic carbocycles. The molecule has 9 aromatic rings. The first-order valence-electron chi connectivity index (χ1n) is 18.3. The van der Waals surface area contributed by atoms with Crippen LogP contribution in [-0.2, 0) is 21.1 Å². The number of aryl methyl sites for hydroxylation is 1. The zero-order chi connectivity index (χ0) is 36.5. The number of para-hydroxylation sites is 4. The summed E-state index contributed by atoms with van der Waals surface area (Å²) in [6.45, 7) is 4.25. The van der Waals surface area contributed by atoms with Crippen LogP contribution < -0.4 is 19.3 Å². The minimum absolute atomic E-state index is 0. The minimum Gasteiger partial charge on any atom is -0.509 e. The predicted octanol–water partition coefficient (Wildman–Crippen LogP) is 12.7. The van der Waals surface area contributed by atoms with Crippen molar-refractivity contribution in [2.24, 2.45) is 0 Å². The maximum absolute atomic E-state index is 6.56. The van der Waals surface area contributed by atoms with Gasteiger partial charge >= 0.3 is 0 Å². The molecule has 0 atom stereocenters. The van der Waals surface area contributed by atoms with Crippen LogP contribution in [0.3, 0.4) is 0 Å². The van der Waals surface area contributed by atoms with Crippen molar-refractivity contribution in [2.75, 3.05) is 9.80 Å². The molecule has 0 spiro atoms. The molecule has 2 aromatic heterocycles. The van der Waals surface area contributed by atoms with Gasteiger partial charge in [0.25, 0.3) is 0 Å². The molecule has 6 nitrogen and oxygen atoms in total. The Balaban J connectivity index is 0.00000384. The quantitative estimate of drug-likeness (QED) is 0.142. The number of aromatic nitrogens is 2. The van der Waals surface area contributed by atoms with Crippen LogP contribution in [0, 0.1) is 25.7 Å². The van der Waals surface area contributed by atoms with Crippen molar-refractivity contribution in [3.05, 3.63) is 188 Å². The minimum atomic E-state index is 0. The van der Waals surface area contributed by atoms with Gasteiger partial charge in [0.05, 0.1) is 0 Å². The first kappa shape index (κ1) is 33.9. The molecule has 9 heterocycles. The summed E-state index contributed by atoms with van der Waals surface area (Å²) < 4.78 is 15.1. The van der Waals surface area contributed by atoms with Crippen LogP contribution in [0.4, 0.5) is 22.7 Å². The number of benzene rings is 7. The van der Waals surface area contributed by atoms with Crippen molar-refractivity contribution < 1.29 is 30.5 Å². The second-order valence-electron chi connectivity index (χ2n) is 13.8. The standard InChI is InChI=1S/C49H31N4O2.Pt/c1-32-27-49-50-30-43(32)34-19-23-37(24-20-34)54-36-21-17-33(18-22-36)40-11-2-4-13-44(40)52-31-51(46-15-6-7-16-47(46)52)35-9-8-10-38(28-35)55-39-25-26-42-41-12-3-5-14-45(41)53(49)48(42)29-39;/h2-27,30-31H,1H3;/q-3;. The Morgan fingerprint density at radius 2 is 1.21 bits per heavy atom. The molecule has 56 heavy (non-hydrogen) atoms. The molecule has 7 aliphatic rings. The summed E-state index contributed by atoms with van der Waals surface area (Å²) in [5.41, 5.74) is 11.4. The Bertz CT molecular complexity index is 2940. The molecule has 0 amide bonds. The molecule has 0 saturated carbocycles. The Labute approximate surface area is 339 Å². The maximum Gasteiger partial charge on any atom is 0.135 e. The molecule has 12 bridgehead atoms. The van der Waals surface area contributed by atoms with E-state index in [0.717, 1.165) is 89.7 Å². The van der Waals surface area contributed by atoms with Crippen LogP contribution in [0.2, 0.25) is 0 Å². The van der Waals surface area contributed by atoms with Gasteiger partial charge in [-0.05, 0) is 83.6 Å². The molecule has 0 N–H and O–H groups in total. The van der Waals surface area contributed by atoms with E-state index in [2.05, 4.69) is 155 Å². The van der Waals surface area contributed by atoms with E-state index in [9.17, 15) is 0 Å². The zero-order valence-electron chi connectivity index (χ0n) is 30.1. The molecule has 0 aliphatic carbocycles. The third-order valence-electron chi connectivity index (χ3n) is 10.5. The molecule has 0 fully saturated rings. The first-order valence-corrected chi connectivity index (χ1v) is 18.3. The van der Waals surface area contributed by atoms with Crippen LogP contribution in [0.1, 0.15) is 5.56 Å². The summed E-state index contributed by atoms with van der Waals surface area (Å²) in [4.78, 5) is 9.43. The van der Waals surface area contributed by atoms with Gasteiger partial charge in [-0.25, -0.2) is 4.98 Å².